The van der Waals surface area contributed by atoms with Crippen molar-refractivity contribution in [1.82, 2.24) is 15.1 Å². The predicted molar refractivity (Wildman–Crippen MR) is 107 cm³/mol. The zero-order valence-corrected chi connectivity index (χ0v) is 17.2. The molecule has 1 unspecified atom stereocenters. The Kier molecular flexibility index (Phi) is 7.27. The van der Waals surface area contributed by atoms with Crippen LogP contribution in [0.15, 0.2) is 24.3 Å². The largest absolute Gasteiger partial charge is 0.444 e. The summed E-state index contributed by atoms with van der Waals surface area (Å²) >= 11 is 0. The van der Waals surface area contributed by atoms with Crippen LogP contribution in [0, 0.1) is 11.3 Å². The topological polar surface area (TPSA) is 85.7 Å². The van der Waals surface area contributed by atoms with Gasteiger partial charge in [0, 0.05) is 26.7 Å². The van der Waals surface area contributed by atoms with E-state index in [2.05, 4.69) is 11.4 Å². The van der Waals surface area contributed by atoms with Crippen LogP contribution in [0.1, 0.15) is 51.2 Å². The fourth-order valence-electron chi connectivity index (χ4n) is 3.14. The van der Waals surface area contributed by atoms with E-state index in [1.54, 1.807) is 29.0 Å². The standard InChI is InChI=1S/C21H30N4O3/c1-21(2,3)28-20(27)25-12-6-5-7-18(25)14-23-19(26)24(4)15-17-10-8-16(13-22)9-11-17/h8-11,18H,5-7,12,14-15H2,1-4H3,(H,23,26). The van der Waals surface area contributed by atoms with E-state index in [9.17, 15) is 9.59 Å². The van der Waals surface area contributed by atoms with Crippen LogP contribution in [-0.4, -0.2) is 53.7 Å². The molecule has 0 saturated carbocycles. The molecule has 3 amide bonds. The fourth-order valence-corrected chi connectivity index (χ4v) is 3.14. The van der Waals surface area contributed by atoms with E-state index < -0.39 is 5.60 Å². The molecule has 1 heterocycles. The Morgan fingerprint density at radius 2 is 1.96 bits per heavy atom. The van der Waals surface area contributed by atoms with Gasteiger partial charge in [-0.05, 0) is 57.7 Å². The first-order valence-corrected chi connectivity index (χ1v) is 9.67. The smallest absolute Gasteiger partial charge is 0.410 e. The number of amides is 3. The van der Waals surface area contributed by atoms with Crippen LogP contribution in [0.25, 0.3) is 0 Å². The average Bonchev–Trinajstić information content (AvgIpc) is 2.65. The number of ether oxygens (including phenoxy) is 1. The highest BCUT2D eigenvalue weighted by Gasteiger charge is 2.30. The first kappa shape index (κ1) is 21.5. The van der Waals surface area contributed by atoms with E-state index in [-0.39, 0.29) is 18.2 Å². The summed E-state index contributed by atoms with van der Waals surface area (Å²) in [5.74, 6) is 0. The molecule has 1 fully saturated rings. The quantitative estimate of drug-likeness (QED) is 0.858. The summed E-state index contributed by atoms with van der Waals surface area (Å²) in [6, 6.07) is 8.98. The van der Waals surface area contributed by atoms with Crippen molar-refractivity contribution in [2.45, 2.75) is 58.2 Å². The number of hydrogen-bond acceptors (Lipinski definition) is 4. The minimum Gasteiger partial charge on any atom is -0.444 e. The first-order chi connectivity index (χ1) is 13.2. The maximum Gasteiger partial charge on any atom is 0.410 e. The second-order valence-corrected chi connectivity index (χ2v) is 8.17. The van der Waals surface area contributed by atoms with Gasteiger partial charge in [-0.2, -0.15) is 5.26 Å². The Bertz CT molecular complexity index is 719. The van der Waals surface area contributed by atoms with Crippen molar-refractivity contribution in [2.75, 3.05) is 20.1 Å². The molecule has 0 aromatic heterocycles. The summed E-state index contributed by atoms with van der Waals surface area (Å²) in [7, 11) is 1.72. The van der Waals surface area contributed by atoms with E-state index in [4.69, 9.17) is 10.00 Å². The van der Waals surface area contributed by atoms with E-state index in [0.29, 0.717) is 25.2 Å². The van der Waals surface area contributed by atoms with Gasteiger partial charge in [-0.15, -0.1) is 0 Å². The van der Waals surface area contributed by atoms with Crippen LogP contribution in [0.4, 0.5) is 9.59 Å². The number of hydrogen-bond donors (Lipinski definition) is 1. The summed E-state index contributed by atoms with van der Waals surface area (Å²) < 4.78 is 5.50. The molecule has 0 radical (unpaired) electrons. The molecule has 1 aliphatic heterocycles. The number of nitriles is 1. The molecule has 1 aromatic carbocycles. The van der Waals surface area contributed by atoms with Crippen molar-refractivity contribution < 1.29 is 14.3 Å². The molecule has 1 aromatic rings. The number of piperidine rings is 1. The van der Waals surface area contributed by atoms with Gasteiger partial charge in [0.25, 0.3) is 0 Å². The molecule has 1 saturated heterocycles. The molecule has 0 aliphatic carbocycles. The molecular formula is C21H30N4O3. The third kappa shape index (κ3) is 6.45. The molecule has 28 heavy (non-hydrogen) atoms. The van der Waals surface area contributed by atoms with Gasteiger partial charge in [-0.1, -0.05) is 12.1 Å². The van der Waals surface area contributed by atoms with Crippen molar-refractivity contribution in [3.63, 3.8) is 0 Å². The molecule has 7 nitrogen and oxygen atoms in total. The number of nitrogens with zero attached hydrogens (tertiary/aromatic N) is 3. The van der Waals surface area contributed by atoms with Crippen molar-refractivity contribution >= 4 is 12.1 Å². The monoisotopic (exact) mass is 386 g/mol. The van der Waals surface area contributed by atoms with Gasteiger partial charge in [0.2, 0.25) is 0 Å². The second kappa shape index (κ2) is 9.45. The van der Waals surface area contributed by atoms with Gasteiger partial charge < -0.3 is 19.9 Å². The van der Waals surface area contributed by atoms with E-state index in [1.807, 2.05) is 32.9 Å². The molecule has 0 bridgehead atoms. The SMILES string of the molecule is CN(Cc1ccc(C#N)cc1)C(=O)NCC1CCCCN1C(=O)OC(C)(C)C. The molecule has 2 rings (SSSR count). The number of likely N-dealkylation sites (tertiary alicyclic amines) is 1. The molecule has 1 aliphatic rings. The Morgan fingerprint density at radius 1 is 1.29 bits per heavy atom. The highest BCUT2D eigenvalue weighted by atomic mass is 16.6. The van der Waals surface area contributed by atoms with E-state index >= 15 is 0 Å². The first-order valence-electron chi connectivity index (χ1n) is 9.67. The lowest BCUT2D eigenvalue weighted by molar-refractivity contribution is 0.0101. The maximum atomic E-state index is 12.5. The predicted octanol–water partition coefficient (Wildman–Crippen LogP) is 3.49. The van der Waals surface area contributed by atoms with Crippen LogP contribution < -0.4 is 5.32 Å². The van der Waals surface area contributed by atoms with Crippen LogP contribution in [0.2, 0.25) is 0 Å². The molecule has 152 valence electrons. The summed E-state index contributed by atoms with van der Waals surface area (Å²) in [4.78, 5) is 28.2. The van der Waals surface area contributed by atoms with Gasteiger partial charge in [-0.3, -0.25) is 0 Å². The highest BCUT2D eigenvalue weighted by molar-refractivity contribution is 5.74. The third-order valence-corrected chi connectivity index (χ3v) is 4.59. The maximum absolute atomic E-state index is 12.5. The highest BCUT2D eigenvalue weighted by Crippen LogP contribution is 2.20. The molecular weight excluding hydrogens is 356 g/mol. The number of carbonyl (C=O) groups excluding carboxylic acids is 2. The average molecular weight is 386 g/mol. The molecule has 1 N–H and O–H groups in total. The number of nitrogens with one attached hydrogen (secondary N) is 1. The molecule has 7 heteroatoms. The summed E-state index contributed by atoms with van der Waals surface area (Å²) in [6.45, 7) is 7.04. The lowest BCUT2D eigenvalue weighted by Gasteiger charge is -2.37. The van der Waals surface area contributed by atoms with Gasteiger partial charge in [-0.25, -0.2) is 9.59 Å². The van der Waals surface area contributed by atoms with E-state index in [1.165, 1.54) is 0 Å². The Balaban J connectivity index is 1.88. The van der Waals surface area contributed by atoms with E-state index in [0.717, 1.165) is 24.8 Å². The van der Waals surface area contributed by atoms with Gasteiger partial charge in [0.1, 0.15) is 5.60 Å². The zero-order valence-electron chi connectivity index (χ0n) is 17.2. The Morgan fingerprint density at radius 3 is 2.57 bits per heavy atom. The number of carbonyl (C=O) groups is 2. The fraction of sp³-hybridized carbons (Fsp3) is 0.571. The zero-order chi connectivity index (χ0) is 20.7. The van der Waals surface area contributed by atoms with Crippen molar-refractivity contribution in [2.24, 2.45) is 0 Å². The van der Waals surface area contributed by atoms with Crippen LogP contribution in [0.5, 0.6) is 0 Å². The van der Waals surface area contributed by atoms with Crippen LogP contribution in [0.3, 0.4) is 0 Å². The minimum absolute atomic E-state index is 0.0594. The minimum atomic E-state index is -0.538. The molecule has 1 atom stereocenters. The lowest BCUT2D eigenvalue weighted by atomic mass is 10.0. The van der Waals surface area contributed by atoms with Crippen molar-refractivity contribution in [3.05, 3.63) is 35.4 Å². The Labute approximate surface area is 167 Å². The van der Waals surface area contributed by atoms with Gasteiger partial charge >= 0.3 is 12.1 Å². The van der Waals surface area contributed by atoms with Crippen LogP contribution in [-0.2, 0) is 11.3 Å². The van der Waals surface area contributed by atoms with Crippen molar-refractivity contribution in [3.8, 4) is 6.07 Å². The number of benzene rings is 1. The van der Waals surface area contributed by atoms with Crippen LogP contribution >= 0.6 is 0 Å². The summed E-state index contributed by atoms with van der Waals surface area (Å²) in [6.07, 6.45) is 2.50. The number of rotatable bonds is 4. The third-order valence-electron chi connectivity index (χ3n) is 4.59. The molecule has 0 spiro atoms. The normalized spacial score (nSPS) is 16.8. The second-order valence-electron chi connectivity index (χ2n) is 8.17. The summed E-state index contributed by atoms with van der Waals surface area (Å²) in [5, 5.41) is 11.8. The Hall–Kier alpha value is -2.75. The van der Waals surface area contributed by atoms with Gasteiger partial charge in [0.15, 0.2) is 0 Å². The van der Waals surface area contributed by atoms with Gasteiger partial charge in [0.05, 0.1) is 17.7 Å². The van der Waals surface area contributed by atoms with Crippen molar-refractivity contribution in [1.29, 1.82) is 5.26 Å². The lowest BCUT2D eigenvalue weighted by Crippen LogP contribution is -2.52. The number of urea groups is 1. The summed E-state index contributed by atoms with van der Waals surface area (Å²) in [5.41, 5.74) is 1.00.